The molecule has 0 aliphatic heterocycles. The van der Waals surface area contributed by atoms with Crippen molar-refractivity contribution in [3.63, 3.8) is 0 Å². The van der Waals surface area contributed by atoms with Gasteiger partial charge in [0.25, 0.3) is 11.8 Å². The Kier molecular flexibility index (Phi) is 4.88. The molecule has 116 valence electrons. The highest BCUT2D eigenvalue weighted by molar-refractivity contribution is 6.04. The van der Waals surface area contributed by atoms with Gasteiger partial charge in [-0.3, -0.25) is 14.6 Å². The summed E-state index contributed by atoms with van der Waals surface area (Å²) in [5.41, 5.74) is 0.522. The van der Waals surface area contributed by atoms with Gasteiger partial charge in [0.05, 0.1) is 0 Å². The van der Waals surface area contributed by atoms with Gasteiger partial charge in [0.1, 0.15) is 11.5 Å². The summed E-state index contributed by atoms with van der Waals surface area (Å²) in [6.07, 6.45) is 2.25. The fraction of sp³-hybridized carbons (Fsp3) is 0.333. The first kappa shape index (κ1) is 15.7. The largest absolute Gasteiger partial charge is 0.360 e. The lowest BCUT2D eigenvalue weighted by atomic mass is 10.2. The number of hydrogen-bond acceptors (Lipinski definition) is 5. The van der Waals surface area contributed by atoms with Gasteiger partial charge in [-0.05, 0) is 32.4 Å². The van der Waals surface area contributed by atoms with Gasteiger partial charge in [0.15, 0.2) is 5.82 Å². The highest BCUT2D eigenvalue weighted by atomic mass is 16.5. The molecule has 0 spiro atoms. The van der Waals surface area contributed by atoms with E-state index in [1.165, 1.54) is 12.3 Å². The van der Waals surface area contributed by atoms with Crippen LogP contribution in [-0.2, 0) is 0 Å². The summed E-state index contributed by atoms with van der Waals surface area (Å²) in [6.45, 7) is 5.62. The predicted octanol–water partition coefficient (Wildman–Crippen LogP) is 2.16. The van der Waals surface area contributed by atoms with Crippen LogP contribution in [-0.4, -0.2) is 28.0 Å². The van der Waals surface area contributed by atoms with Crippen molar-refractivity contribution in [2.45, 2.75) is 33.2 Å². The fourth-order valence-electron chi connectivity index (χ4n) is 1.71. The van der Waals surface area contributed by atoms with Crippen LogP contribution in [0.2, 0.25) is 0 Å². The quantitative estimate of drug-likeness (QED) is 0.882. The topological polar surface area (TPSA) is 97.1 Å². The zero-order chi connectivity index (χ0) is 16.1. The maximum atomic E-state index is 12.1. The van der Waals surface area contributed by atoms with Gasteiger partial charge < -0.3 is 15.2 Å². The second-order valence-corrected chi connectivity index (χ2v) is 4.99. The van der Waals surface area contributed by atoms with Gasteiger partial charge >= 0.3 is 0 Å². The Hall–Kier alpha value is -2.70. The third-order valence-electron chi connectivity index (χ3n) is 3.11. The molecule has 2 aromatic rings. The molecular weight excluding hydrogens is 284 g/mol. The molecule has 7 nitrogen and oxygen atoms in total. The Morgan fingerprint density at radius 3 is 2.73 bits per heavy atom. The van der Waals surface area contributed by atoms with E-state index in [1.54, 1.807) is 19.1 Å². The second-order valence-electron chi connectivity index (χ2n) is 4.99. The van der Waals surface area contributed by atoms with E-state index in [2.05, 4.69) is 20.8 Å². The molecule has 0 fully saturated rings. The van der Waals surface area contributed by atoms with Crippen molar-refractivity contribution >= 4 is 17.6 Å². The van der Waals surface area contributed by atoms with Crippen molar-refractivity contribution in [2.75, 3.05) is 5.32 Å². The molecule has 0 aliphatic carbocycles. The second kappa shape index (κ2) is 6.84. The van der Waals surface area contributed by atoms with Gasteiger partial charge in [0, 0.05) is 23.9 Å². The molecule has 2 heterocycles. The normalized spacial score (nSPS) is 11.8. The molecule has 0 saturated heterocycles. The number of nitrogens with one attached hydrogen (secondary N) is 2. The minimum atomic E-state index is -0.452. The summed E-state index contributed by atoms with van der Waals surface area (Å²) in [5, 5.41) is 9.07. The Bertz CT molecular complexity index is 681. The molecule has 0 bridgehead atoms. The molecule has 2 aromatic heterocycles. The summed E-state index contributed by atoms with van der Waals surface area (Å²) in [4.78, 5) is 28.1. The van der Waals surface area contributed by atoms with Crippen LogP contribution in [0.1, 0.15) is 46.9 Å². The molecule has 2 rings (SSSR count). The monoisotopic (exact) mass is 302 g/mol. The maximum absolute atomic E-state index is 12.1. The number of rotatable bonds is 5. The van der Waals surface area contributed by atoms with Gasteiger partial charge in [-0.2, -0.15) is 0 Å². The van der Waals surface area contributed by atoms with Crippen LogP contribution in [0.4, 0.5) is 5.82 Å². The molecule has 1 unspecified atom stereocenters. The van der Waals surface area contributed by atoms with Crippen LogP contribution >= 0.6 is 0 Å². The van der Waals surface area contributed by atoms with E-state index in [-0.39, 0.29) is 17.6 Å². The van der Waals surface area contributed by atoms with E-state index in [4.69, 9.17) is 4.52 Å². The van der Waals surface area contributed by atoms with E-state index in [9.17, 15) is 9.59 Å². The number of carbonyl (C=O) groups is 2. The molecule has 22 heavy (non-hydrogen) atoms. The maximum Gasteiger partial charge on any atom is 0.275 e. The molecule has 0 radical (unpaired) electrons. The standard InChI is InChI=1S/C15H18N4O3/c1-4-9(2)17-14(20)11-5-6-16-12(8-11)15(21)18-13-7-10(3)22-19-13/h5-9H,4H2,1-3H3,(H,17,20)(H,18,19,21). The average Bonchev–Trinajstić information content (AvgIpc) is 2.92. The number of carbonyl (C=O) groups excluding carboxylic acids is 2. The van der Waals surface area contributed by atoms with E-state index in [1.807, 2.05) is 13.8 Å². The first-order valence-corrected chi connectivity index (χ1v) is 7.01. The van der Waals surface area contributed by atoms with Crippen molar-refractivity contribution in [1.82, 2.24) is 15.5 Å². The van der Waals surface area contributed by atoms with E-state index < -0.39 is 5.91 Å². The molecule has 7 heteroatoms. The molecule has 2 N–H and O–H groups in total. The molecule has 2 amide bonds. The molecule has 0 aromatic carbocycles. The number of pyridine rings is 1. The van der Waals surface area contributed by atoms with E-state index in [0.29, 0.717) is 17.1 Å². The van der Waals surface area contributed by atoms with E-state index in [0.717, 1.165) is 6.42 Å². The average molecular weight is 302 g/mol. The molecule has 0 aliphatic rings. The van der Waals surface area contributed by atoms with E-state index >= 15 is 0 Å². The van der Waals surface area contributed by atoms with Crippen molar-refractivity contribution in [3.8, 4) is 0 Å². The summed E-state index contributed by atoms with van der Waals surface area (Å²) in [6, 6.07) is 4.67. The van der Waals surface area contributed by atoms with Gasteiger partial charge in [-0.25, -0.2) is 0 Å². The van der Waals surface area contributed by atoms with Crippen molar-refractivity contribution in [3.05, 3.63) is 41.4 Å². The van der Waals surface area contributed by atoms with Crippen LogP contribution in [0.5, 0.6) is 0 Å². The zero-order valence-corrected chi connectivity index (χ0v) is 12.7. The number of aromatic nitrogens is 2. The van der Waals surface area contributed by atoms with Crippen molar-refractivity contribution < 1.29 is 14.1 Å². The predicted molar refractivity (Wildman–Crippen MR) is 80.6 cm³/mol. The Labute approximate surface area is 128 Å². The summed E-state index contributed by atoms with van der Waals surface area (Å²) in [5.74, 6) is 0.207. The number of nitrogens with zero attached hydrogens (tertiary/aromatic N) is 2. The molecular formula is C15H18N4O3. The van der Waals surface area contributed by atoms with Crippen LogP contribution in [0.25, 0.3) is 0 Å². The lowest BCUT2D eigenvalue weighted by Gasteiger charge is -2.11. The van der Waals surface area contributed by atoms with Gasteiger partial charge in [0.2, 0.25) is 0 Å². The van der Waals surface area contributed by atoms with Crippen molar-refractivity contribution in [2.24, 2.45) is 0 Å². The van der Waals surface area contributed by atoms with Gasteiger partial charge in [-0.1, -0.05) is 12.1 Å². The Morgan fingerprint density at radius 2 is 2.09 bits per heavy atom. The summed E-state index contributed by atoms with van der Waals surface area (Å²) < 4.78 is 4.87. The zero-order valence-electron chi connectivity index (χ0n) is 12.7. The number of anilines is 1. The van der Waals surface area contributed by atoms with Crippen LogP contribution in [0.15, 0.2) is 28.9 Å². The smallest absolute Gasteiger partial charge is 0.275 e. The third-order valence-corrected chi connectivity index (χ3v) is 3.11. The Morgan fingerprint density at radius 1 is 1.32 bits per heavy atom. The van der Waals surface area contributed by atoms with Crippen molar-refractivity contribution in [1.29, 1.82) is 0 Å². The number of amides is 2. The minimum absolute atomic E-state index is 0.0658. The Balaban J connectivity index is 2.10. The number of aryl methyl sites for hydroxylation is 1. The lowest BCUT2D eigenvalue weighted by Crippen LogP contribution is -2.32. The minimum Gasteiger partial charge on any atom is -0.360 e. The first-order chi connectivity index (χ1) is 10.5. The number of hydrogen-bond donors (Lipinski definition) is 2. The molecule has 0 saturated carbocycles. The highest BCUT2D eigenvalue weighted by Crippen LogP contribution is 2.10. The van der Waals surface area contributed by atoms with Crippen LogP contribution < -0.4 is 10.6 Å². The molecule has 1 atom stereocenters. The van der Waals surface area contributed by atoms with Crippen LogP contribution in [0.3, 0.4) is 0 Å². The van der Waals surface area contributed by atoms with Crippen LogP contribution in [0, 0.1) is 6.92 Å². The first-order valence-electron chi connectivity index (χ1n) is 7.01. The SMILES string of the molecule is CCC(C)NC(=O)c1ccnc(C(=O)Nc2cc(C)on2)c1. The summed E-state index contributed by atoms with van der Waals surface area (Å²) in [7, 11) is 0. The van der Waals surface area contributed by atoms with Gasteiger partial charge in [-0.15, -0.1) is 0 Å². The summed E-state index contributed by atoms with van der Waals surface area (Å²) >= 11 is 0. The third kappa shape index (κ3) is 3.91. The highest BCUT2D eigenvalue weighted by Gasteiger charge is 2.14. The fourth-order valence-corrected chi connectivity index (χ4v) is 1.71. The lowest BCUT2D eigenvalue weighted by molar-refractivity contribution is 0.0939.